The van der Waals surface area contributed by atoms with Crippen LogP contribution in [-0.4, -0.2) is 64.7 Å². The fourth-order valence-electron chi connectivity index (χ4n) is 3.50. The molecule has 1 heterocycles. The van der Waals surface area contributed by atoms with E-state index >= 15 is 0 Å². The smallest absolute Gasteiger partial charge is 0.240 e. The Labute approximate surface area is 190 Å². The van der Waals surface area contributed by atoms with Crippen LogP contribution in [0.15, 0.2) is 59.5 Å². The van der Waals surface area contributed by atoms with E-state index in [1.165, 1.54) is 0 Å². The van der Waals surface area contributed by atoms with Crippen molar-refractivity contribution in [2.75, 3.05) is 44.8 Å². The minimum atomic E-state index is -3.62. The maximum absolute atomic E-state index is 12.7. The monoisotopic (exact) mass is 461 g/mol. The first-order valence-electron chi connectivity index (χ1n) is 10.9. The molecule has 0 aliphatic carbocycles. The Kier molecular flexibility index (Phi) is 9.04. The molecule has 2 N–H and O–H groups in total. The van der Waals surface area contributed by atoms with Crippen LogP contribution in [0.1, 0.15) is 19.8 Å². The van der Waals surface area contributed by atoms with E-state index in [9.17, 15) is 13.2 Å². The van der Waals surface area contributed by atoms with E-state index in [1.807, 2.05) is 42.2 Å². The molecule has 8 nitrogen and oxygen atoms in total. The van der Waals surface area contributed by atoms with Crippen LogP contribution in [0, 0.1) is 0 Å². The number of anilines is 1. The van der Waals surface area contributed by atoms with E-state index in [0.29, 0.717) is 58.0 Å². The van der Waals surface area contributed by atoms with Crippen LogP contribution in [0.2, 0.25) is 0 Å². The van der Waals surface area contributed by atoms with Crippen molar-refractivity contribution < 1.29 is 22.7 Å². The van der Waals surface area contributed by atoms with Crippen LogP contribution in [0.3, 0.4) is 0 Å². The molecule has 0 spiro atoms. The predicted molar refractivity (Wildman–Crippen MR) is 123 cm³/mol. The lowest BCUT2D eigenvalue weighted by Crippen LogP contribution is -2.46. The van der Waals surface area contributed by atoms with Crippen molar-refractivity contribution in [3.63, 3.8) is 0 Å². The van der Waals surface area contributed by atoms with Crippen LogP contribution in [0.5, 0.6) is 5.75 Å². The number of sulfonamides is 1. The quantitative estimate of drug-likeness (QED) is 0.499. The molecule has 32 heavy (non-hydrogen) atoms. The third kappa shape index (κ3) is 7.59. The standard InChI is InChI=1S/C23H31N3O5S/c1-2-30-16-17-31-21-8-10-22(11-9-21)32(28,29)25-20-12-14-26(15-13-20)18-23(27)24-19-6-4-3-5-7-19/h3-11,20,25H,2,12-18H2,1H3,(H,24,27). The molecule has 0 bridgehead atoms. The number of rotatable bonds is 11. The van der Waals surface area contributed by atoms with E-state index in [-0.39, 0.29) is 16.8 Å². The van der Waals surface area contributed by atoms with Gasteiger partial charge >= 0.3 is 0 Å². The van der Waals surface area contributed by atoms with E-state index in [0.717, 1.165) is 5.69 Å². The van der Waals surface area contributed by atoms with Crippen LogP contribution < -0.4 is 14.8 Å². The highest BCUT2D eigenvalue weighted by atomic mass is 32.2. The molecule has 1 amide bonds. The van der Waals surface area contributed by atoms with Gasteiger partial charge in [0.2, 0.25) is 15.9 Å². The van der Waals surface area contributed by atoms with Gasteiger partial charge in [0.1, 0.15) is 12.4 Å². The predicted octanol–water partition coefficient (Wildman–Crippen LogP) is 2.48. The number of ether oxygens (including phenoxy) is 2. The largest absolute Gasteiger partial charge is 0.491 e. The van der Waals surface area contributed by atoms with Crippen molar-refractivity contribution >= 4 is 21.6 Å². The summed E-state index contributed by atoms with van der Waals surface area (Å²) >= 11 is 0. The molecule has 3 rings (SSSR count). The van der Waals surface area contributed by atoms with Gasteiger partial charge in [-0.15, -0.1) is 0 Å². The van der Waals surface area contributed by atoms with E-state index < -0.39 is 10.0 Å². The summed E-state index contributed by atoms with van der Waals surface area (Å²) < 4.78 is 39.0. The van der Waals surface area contributed by atoms with E-state index in [4.69, 9.17) is 9.47 Å². The molecule has 0 unspecified atom stereocenters. The highest BCUT2D eigenvalue weighted by Gasteiger charge is 2.25. The molecule has 0 atom stereocenters. The lowest BCUT2D eigenvalue weighted by atomic mass is 10.1. The van der Waals surface area contributed by atoms with Crippen LogP contribution in [-0.2, 0) is 19.6 Å². The molecule has 0 aromatic heterocycles. The average Bonchev–Trinajstić information content (AvgIpc) is 2.79. The summed E-state index contributed by atoms with van der Waals surface area (Å²) in [6.45, 7) is 5.05. The van der Waals surface area contributed by atoms with Crippen LogP contribution in [0.4, 0.5) is 5.69 Å². The van der Waals surface area contributed by atoms with E-state index in [1.54, 1.807) is 24.3 Å². The highest BCUT2D eigenvalue weighted by Crippen LogP contribution is 2.18. The van der Waals surface area contributed by atoms with Crippen molar-refractivity contribution in [2.45, 2.75) is 30.7 Å². The number of amides is 1. The average molecular weight is 462 g/mol. The van der Waals surface area contributed by atoms with Gasteiger partial charge in [0.25, 0.3) is 0 Å². The van der Waals surface area contributed by atoms with Gasteiger partial charge in [-0.05, 0) is 56.2 Å². The van der Waals surface area contributed by atoms with Gasteiger partial charge < -0.3 is 14.8 Å². The lowest BCUT2D eigenvalue weighted by Gasteiger charge is -2.31. The maximum atomic E-state index is 12.7. The molecule has 1 aliphatic heterocycles. The summed E-state index contributed by atoms with van der Waals surface area (Å²) in [7, 11) is -3.62. The van der Waals surface area contributed by atoms with Crippen LogP contribution >= 0.6 is 0 Å². The number of nitrogens with zero attached hydrogens (tertiary/aromatic N) is 1. The molecular weight excluding hydrogens is 430 g/mol. The third-order valence-electron chi connectivity index (χ3n) is 5.17. The second-order valence-corrected chi connectivity index (χ2v) is 9.32. The Morgan fingerprint density at radius 2 is 1.72 bits per heavy atom. The zero-order chi connectivity index (χ0) is 22.8. The summed E-state index contributed by atoms with van der Waals surface area (Å²) in [5.74, 6) is 0.532. The minimum absolute atomic E-state index is 0.0706. The minimum Gasteiger partial charge on any atom is -0.491 e. The number of para-hydroxylation sites is 1. The number of hydrogen-bond donors (Lipinski definition) is 2. The summed E-state index contributed by atoms with van der Waals surface area (Å²) in [5, 5.41) is 2.87. The SMILES string of the molecule is CCOCCOc1ccc(S(=O)(=O)NC2CCN(CC(=O)Nc3ccccc3)CC2)cc1. The molecule has 174 valence electrons. The zero-order valence-electron chi connectivity index (χ0n) is 18.3. The summed E-state index contributed by atoms with van der Waals surface area (Å²) in [6, 6.07) is 15.6. The van der Waals surface area contributed by atoms with Crippen molar-refractivity contribution in [2.24, 2.45) is 0 Å². The number of carbonyl (C=O) groups excluding carboxylic acids is 1. The van der Waals surface area contributed by atoms with Crippen molar-refractivity contribution in [3.05, 3.63) is 54.6 Å². The highest BCUT2D eigenvalue weighted by molar-refractivity contribution is 7.89. The number of likely N-dealkylation sites (tertiary alicyclic amines) is 1. The van der Waals surface area contributed by atoms with Crippen LogP contribution in [0.25, 0.3) is 0 Å². The maximum Gasteiger partial charge on any atom is 0.240 e. The molecule has 2 aromatic carbocycles. The zero-order valence-corrected chi connectivity index (χ0v) is 19.1. The molecule has 1 aliphatic rings. The Balaban J connectivity index is 1.43. The molecule has 1 saturated heterocycles. The number of piperidine rings is 1. The molecule has 0 saturated carbocycles. The summed E-state index contributed by atoms with van der Waals surface area (Å²) in [4.78, 5) is 14.5. The van der Waals surface area contributed by atoms with Gasteiger partial charge in [0, 0.05) is 31.4 Å². The Hall–Kier alpha value is -2.46. The fourth-order valence-corrected chi connectivity index (χ4v) is 4.80. The number of hydrogen-bond acceptors (Lipinski definition) is 6. The fraction of sp³-hybridized carbons (Fsp3) is 0.435. The number of nitrogens with one attached hydrogen (secondary N) is 2. The molecular formula is C23H31N3O5S. The van der Waals surface area contributed by atoms with E-state index in [2.05, 4.69) is 10.0 Å². The number of carbonyl (C=O) groups is 1. The van der Waals surface area contributed by atoms with Gasteiger partial charge in [0.05, 0.1) is 18.0 Å². The van der Waals surface area contributed by atoms with Crippen molar-refractivity contribution in [3.8, 4) is 5.75 Å². The van der Waals surface area contributed by atoms with Crippen molar-refractivity contribution in [1.82, 2.24) is 9.62 Å². The molecule has 2 aromatic rings. The third-order valence-corrected chi connectivity index (χ3v) is 6.71. The normalized spacial score (nSPS) is 15.4. The first-order chi connectivity index (χ1) is 15.5. The summed E-state index contributed by atoms with van der Waals surface area (Å²) in [5.41, 5.74) is 0.769. The van der Waals surface area contributed by atoms with Crippen molar-refractivity contribution in [1.29, 1.82) is 0 Å². The molecule has 1 fully saturated rings. The first kappa shape index (κ1) is 24.2. The van der Waals surface area contributed by atoms with Gasteiger partial charge in [-0.25, -0.2) is 13.1 Å². The number of benzene rings is 2. The van der Waals surface area contributed by atoms with Gasteiger partial charge in [-0.1, -0.05) is 18.2 Å². The Bertz CT molecular complexity index is 943. The lowest BCUT2D eigenvalue weighted by molar-refractivity contribution is -0.117. The second-order valence-electron chi connectivity index (χ2n) is 7.60. The topological polar surface area (TPSA) is 97.0 Å². The molecule has 0 radical (unpaired) electrons. The van der Waals surface area contributed by atoms with Gasteiger partial charge in [0.15, 0.2) is 0 Å². The Morgan fingerprint density at radius 1 is 1.03 bits per heavy atom. The molecule has 9 heteroatoms. The Morgan fingerprint density at radius 3 is 2.38 bits per heavy atom. The first-order valence-corrected chi connectivity index (χ1v) is 12.3. The summed E-state index contributed by atoms with van der Waals surface area (Å²) in [6.07, 6.45) is 1.30. The second kappa shape index (κ2) is 12.0. The van der Waals surface area contributed by atoms with Gasteiger partial charge in [-0.2, -0.15) is 0 Å². The van der Waals surface area contributed by atoms with Gasteiger partial charge in [-0.3, -0.25) is 9.69 Å².